The van der Waals surface area contributed by atoms with Gasteiger partial charge in [-0.3, -0.25) is 4.79 Å². The van der Waals surface area contributed by atoms with Gasteiger partial charge in [0.2, 0.25) is 0 Å². The summed E-state index contributed by atoms with van der Waals surface area (Å²) in [4.78, 5) is 12.6. The number of phenolic OH excluding ortho intramolecular Hbond substituents is 2. The maximum Gasteiger partial charge on any atom is 0.175 e. The van der Waals surface area contributed by atoms with Crippen molar-refractivity contribution in [2.75, 3.05) is 0 Å². The lowest BCUT2D eigenvalue weighted by molar-refractivity contribution is -0.112. The van der Waals surface area contributed by atoms with Crippen LogP contribution >= 0.6 is 0 Å². The number of benzene rings is 1. The van der Waals surface area contributed by atoms with E-state index in [0.717, 1.165) is 0 Å². The van der Waals surface area contributed by atoms with Crippen LogP contribution in [0.25, 0.3) is 0 Å². The Morgan fingerprint density at radius 1 is 0.833 bits per heavy atom. The van der Waals surface area contributed by atoms with E-state index in [9.17, 15) is 20.1 Å². The van der Waals surface area contributed by atoms with E-state index in [1.54, 1.807) is 12.1 Å². The van der Waals surface area contributed by atoms with E-state index in [-0.39, 0.29) is 28.5 Å². The second-order valence-electron chi connectivity index (χ2n) is 8.26. The fourth-order valence-corrected chi connectivity index (χ4v) is 2.83. The van der Waals surface area contributed by atoms with Crippen LogP contribution in [0, 0.1) is 11.3 Å². The Morgan fingerprint density at radius 2 is 1.42 bits per heavy atom. The van der Waals surface area contributed by atoms with E-state index >= 15 is 0 Å². The van der Waals surface area contributed by atoms with Gasteiger partial charge in [-0.1, -0.05) is 41.5 Å². The third-order valence-electron chi connectivity index (χ3n) is 4.08. The summed E-state index contributed by atoms with van der Waals surface area (Å²) in [6, 6.07) is 3.13. The summed E-state index contributed by atoms with van der Waals surface area (Å²) in [6.07, 6.45) is 2.75. The second-order valence-corrected chi connectivity index (χ2v) is 8.26. The van der Waals surface area contributed by atoms with Crippen LogP contribution in [0.5, 0.6) is 11.5 Å². The molecule has 0 aromatic heterocycles. The number of ketones is 1. The van der Waals surface area contributed by atoms with E-state index in [4.69, 9.17) is 0 Å². The number of aromatic hydroxyl groups is 2. The molecule has 0 atom stereocenters. The van der Waals surface area contributed by atoms with Crippen LogP contribution in [0.4, 0.5) is 0 Å². The maximum atomic E-state index is 12.6. The van der Waals surface area contributed by atoms with Gasteiger partial charge in [-0.05, 0) is 40.2 Å². The van der Waals surface area contributed by atoms with E-state index in [2.05, 4.69) is 0 Å². The van der Waals surface area contributed by atoms with Crippen molar-refractivity contribution in [3.05, 3.63) is 52.7 Å². The molecule has 0 unspecified atom stereocenters. The fourth-order valence-electron chi connectivity index (χ4n) is 2.83. The summed E-state index contributed by atoms with van der Waals surface area (Å²) >= 11 is 0. The molecule has 1 aliphatic rings. The van der Waals surface area contributed by atoms with Crippen LogP contribution in [0.2, 0.25) is 0 Å². The molecule has 1 aromatic carbocycles. The quantitative estimate of drug-likeness (QED) is 0.671. The molecule has 24 heavy (non-hydrogen) atoms. The molecule has 0 bridgehead atoms. The Bertz CT molecular complexity index is 740. The number of carbonyl (C=O) groups is 1. The molecule has 0 spiro atoms. The van der Waals surface area contributed by atoms with Gasteiger partial charge in [0.05, 0.1) is 0 Å². The molecule has 3 N–H and O–H groups in total. The molecule has 129 valence electrons. The predicted octanol–water partition coefficient (Wildman–Crippen LogP) is 4.31. The number of allylic oxidation sites excluding steroid dienone is 3. The van der Waals surface area contributed by atoms with E-state index in [1.807, 2.05) is 41.5 Å². The summed E-state index contributed by atoms with van der Waals surface area (Å²) in [6.45, 7) is 11.6. The largest absolute Gasteiger partial charge is 0.508 e. The van der Waals surface area contributed by atoms with Gasteiger partial charge in [0.1, 0.15) is 11.7 Å². The molecule has 0 aliphatic heterocycles. The number of phenols is 2. The van der Waals surface area contributed by atoms with Crippen molar-refractivity contribution in [3.8, 4) is 11.5 Å². The lowest BCUT2D eigenvalue weighted by Crippen LogP contribution is -2.26. The summed E-state index contributed by atoms with van der Waals surface area (Å²) < 4.78 is 0. The minimum atomic E-state index is -0.403. The van der Waals surface area contributed by atoms with Crippen molar-refractivity contribution in [2.24, 2.45) is 5.41 Å². The van der Waals surface area contributed by atoms with Gasteiger partial charge in [-0.15, -0.1) is 0 Å². The summed E-state index contributed by atoms with van der Waals surface area (Å²) in [7, 11) is 0. The first kappa shape index (κ1) is 18.1. The molecule has 0 heterocycles. The first-order valence-corrected chi connectivity index (χ1v) is 7.93. The molecular weight excluding hydrogens is 304 g/mol. The molecule has 4 nitrogen and oxygen atoms in total. The van der Waals surface area contributed by atoms with Crippen molar-refractivity contribution in [3.63, 3.8) is 0 Å². The minimum Gasteiger partial charge on any atom is -0.508 e. The third kappa shape index (κ3) is 3.32. The fraction of sp³-hybridized carbons (Fsp3) is 0.400. The summed E-state index contributed by atoms with van der Waals surface area (Å²) in [5, 5.41) is 30.1. The van der Waals surface area contributed by atoms with Crippen LogP contribution < -0.4 is 0 Å². The Balaban J connectivity index is 2.68. The molecule has 2 rings (SSSR count). The highest BCUT2D eigenvalue weighted by molar-refractivity contribution is 6.09. The highest BCUT2D eigenvalue weighted by Crippen LogP contribution is 2.45. The van der Waals surface area contributed by atoms with Gasteiger partial charge in [-0.25, -0.2) is 0 Å². The monoisotopic (exact) mass is 329 g/mol. The Labute approximate surface area is 143 Å². The lowest BCUT2D eigenvalue weighted by atomic mass is 9.71. The molecule has 4 heteroatoms. The summed E-state index contributed by atoms with van der Waals surface area (Å²) in [5.74, 6) is -0.391. The van der Waals surface area contributed by atoms with Crippen LogP contribution in [0.1, 0.15) is 52.7 Å². The molecule has 1 aliphatic carbocycles. The van der Waals surface area contributed by atoms with Gasteiger partial charge in [-0.2, -0.15) is 0 Å². The topological polar surface area (TPSA) is 77.8 Å². The van der Waals surface area contributed by atoms with Crippen LogP contribution in [0.3, 0.4) is 0 Å². The number of hydrogen-bond acceptors (Lipinski definition) is 4. The first-order valence-electron chi connectivity index (χ1n) is 7.93. The molecule has 1 radical (unpaired) electrons. The van der Waals surface area contributed by atoms with Crippen molar-refractivity contribution >= 4 is 5.78 Å². The zero-order valence-corrected chi connectivity index (χ0v) is 15.1. The smallest absolute Gasteiger partial charge is 0.175 e. The van der Waals surface area contributed by atoms with Crippen molar-refractivity contribution in [1.82, 2.24) is 0 Å². The number of aliphatic hydroxyl groups is 1. The van der Waals surface area contributed by atoms with Crippen LogP contribution in [-0.4, -0.2) is 21.1 Å². The molecule has 0 saturated heterocycles. The van der Waals surface area contributed by atoms with Crippen LogP contribution in [0.15, 0.2) is 35.6 Å². The van der Waals surface area contributed by atoms with Crippen LogP contribution in [-0.2, 0) is 10.2 Å². The zero-order valence-electron chi connectivity index (χ0n) is 15.1. The Hall–Kier alpha value is -2.23. The predicted molar refractivity (Wildman–Crippen MR) is 94.1 cm³/mol. The molecule has 0 amide bonds. The number of rotatable bonds is 1. The Kier molecular flexibility index (Phi) is 4.29. The average molecular weight is 329 g/mol. The summed E-state index contributed by atoms with van der Waals surface area (Å²) in [5.41, 5.74) is 1.01. The SMILES string of the molecule is CC(C)(C)C1=CC(O)=CC(=O)[C]1c1cc(O)c(O)c(C(C)(C)C)c1. The number of hydrogen-bond donors (Lipinski definition) is 3. The molecule has 0 saturated carbocycles. The van der Waals surface area contributed by atoms with Crippen molar-refractivity contribution in [1.29, 1.82) is 0 Å². The van der Waals surface area contributed by atoms with Gasteiger partial charge in [0, 0.05) is 11.6 Å². The normalized spacial score (nSPS) is 16.8. The van der Waals surface area contributed by atoms with Crippen molar-refractivity contribution < 1.29 is 20.1 Å². The molecule has 0 fully saturated rings. The zero-order chi connectivity index (χ0) is 18.4. The van der Waals surface area contributed by atoms with E-state index in [0.29, 0.717) is 22.6 Å². The van der Waals surface area contributed by atoms with Gasteiger partial charge in [0.25, 0.3) is 0 Å². The van der Waals surface area contributed by atoms with Gasteiger partial charge >= 0.3 is 0 Å². The van der Waals surface area contributed by atoms with Gasteiger partial charge < -0.3 is 15.3 Å². The third-order valence-corrected chi connectivity index (χ3v) is 4.08. The maximum absolute atomic E-state index is 12.6. The highest BCUT2D eigenvalue weighted by Gasteiger charge is 2.36. The average Bonchev–Trinajstić information content (AvgIpc) is 2.38. The van der Waals surface area contributed by atoms with E-state index in [1.165, 1.54) is 12.1 Å². The van der Waals surface area contributed by atoms with Crippen molar-refractivity contribution in [2.45, 2.75) is 47.0 Å². The minimum absolute atomic E-state index is 0.0762. The Morgan fingerprint density at radius 3 is 1.92 bits per heavy atom. The first-order chi connectivity index (χ1) is 10.8. The second kappa shape index (κ2) is 5.69. The lowest BCUT2D eigenvalue weighted by Gasteiger charge is -2.32. The highest BCUT2D eigenvalue weighted by atomic mass is 16.3. The molecular formula is C20H25O4. The number of carbonyl (C=O) groups excluding carboxylic acids is 1. The molecule has 1 aromatic rings. The number of aliphatic hydroxyl groups excluding tert-OH is 1. The van der Waals surface area contributed by atoms with E-state index < -0.39 is 5.41 Å². The standard InChI is InChI=1S/C20H25O4/c1-19(2,3)13-9-12(21)10-15(22)17(13)11-7-14(20(4,5)6)18(24)16(23)8-11/h7-10,21,23-24H,1-6H3. The van der Waals surface area contributed by atoms with Gasteiger partial charge in [0.15, 0.2) is 17.3 Å².